The lowest BCUT2D eigenvalue weighted by atomic mass is 10.0. The van der Waals surface area contributed by atoms with Crippen LogP contribution < -0.4 is 0 Å². The van der Waals surface area contributed by atoms with Crippen molar-refractivity contribution in [3.05, 3.63) is 107 Å². The van der Waals surface area contributed by atoms with Crippen molar-refractivity contribution < 1.29 is 0 Å². The predicted molar refractivity (Wildman–Crippen MR) is 112 cm³/mol. The van der Waals surface area contributed by atoms with Crippen LogP contribution in [0.1, 0.15) is 22.3 Å². The number of rotatable bonds is 4. The molecular weight excluding hydrogens is 328 g/mol. The summed E-state index contributed by atoms with van der Waals surface area (Å²) >= 11 is 0. The van der Waals surface area contributed by atoms with Crippen LogP contribution in [-0.2, 0) is 6.54 Å². The lowest BCUT2D eigenvalue weighted by molar-refractivity contribution is 0.830. The van der Waals surface area contributed by atoms with E-state index in [2.05, 4.69) is 66.2 Å². The van der Waals surface area contributed by atoms with Gasteiger partial charge in [0.1, 0.15) is 0 Å². The number of fused-ring (bicyclic) bond motifs is 1. The Morgan fingerprint density at radius 1 is 0.926 bits per heavy atom. The van der Waals surface area contributed by atoms with E-state index in [1.807, 2.05) is 42.5 Å². The Hall–Kier alpha value is -3.57. The van der Waals surface area contributed by atoms with E-state index >= 15 is 0 Å². The molecule has 4 aromatic rings. The van der Waals surface area contributed by atoms with E-state index in [1.165, 1.54) is 16.6 Å². The van der Waals surface area contributed by atoms with Crippen LogP contribution in [0.2, 0.25) is 0 Å². The highest BCUT2D eigenvalue weighted by Gasteiger charge is 2.09. The summed E-state index contributed by atoms with van der Waals surface area (Å²) < 4.78 is 2.27. The van der Waals surface area contributed by atoms with Gasteiger partial charge in [0, 0.05) is 29.2 Å². The smallest absolute Gasteiger partial charge is 0.0998 e. The molecule has 0 bridgehead atoms. The van der Waals surface area contributed by atoms with Gasteiger partial charge >= 0.3 is 0 Å². The zero-order valence-electron chi connectivity index (χ0n) is 15.3. The van der Waals surface area contributed by atoms with Gasteiger partial charge in [-0.05, 0) is 35.8 Å². The molecule has 0 atom stereocenters. The molecule has 0 aliphatic heterocycles. The third-order valence-corrected chi connectivity index (χ3v) is 4.93. The quantitative estimate of drug-likeness (QED) is 0.412. The van der Waals surface area contributed by atoms with Crippen molar-refractivity contribution in [1.29, 1.82) is 5.26 Å². The Labute approximate surface area is 159 Å². The molecule has 2 nitrogen and oxygen atoms in total. The molecule has 2 heteroatoms. The molecule has 130 valence electrons. The third-order valence-electron chi connectivity index (χ3n) is 4.93. The first-order valence-corrected chi connectivity index (χ1v) is 9.06. The van der Waals surface area contributed by atoms with Gasteiger partial charge in [0.25, 0.3) is 0 Å². The Morgan fingerprint density at radius 2 is 1.63 bits per heavy atom. The molecule has 0 saturated heterocycles. The van der Waals surface area contributed by atoms with Crippen molar-refractivity contribution >= 4 is 22.6 Å². The van der Waals surface area contributed by atoms with Gasteiger partial charge in [0.05, 0.1) is 11.6 Å². The van der Waals surface area contributed by atoms with Gasteiger partial charge in [-0.15, -0.1) is 0 Å². The second-order valence-electron chi connectivity index (χ2n) is 6.69. The number of hydrogen-bond donors (Lipinski definition) is 0. The van der Waals surface area contributed by atoms with E-state index in [1.54, 1.807) is 0 Å². The van der Waals surface area contributed by atoms with Crippen molar-refractivity contribution in [3.63, 3.8) is 0 Å². The lowest BCUT2D eigenvalue weighted by Gasteiger charge is -2.08. The fraction of sp³-hybridized carbons (Fsp3) is 0.0800. The number of nitriles is 1. The van der Waals surface area contributed by atoms with Crippen molar-refractivity contribution in [1.82, 2.24) is 4.57 Å². The Morgan fingerprint density at radius 3 is 2.41 bits per heavy atom. The number of para-hydroxylation sites is 1. The van der Waals surface area contributed by atoms with Crippen LogP contribution in [-0.4, -0.2) is 4.57 Å². The predicted octanol–water partition coefficient (Wildman–Crippen LogP) is 6.06. The number of nitrogens with zero attached hydrogens (tertiary/aromatic N) is 2. The number of aromatic nitrogens is 1. The Bertz CT molecular complexity index is 1160. The van der Waals surface area contributed by atoms with Gasteiger partial charge in [-0.25, -0.2) is 0 Å². The van der Waals surface area contributed by atoms with Gasteiger partial charge in [-0.2, -0.15) is 5.26 Å². The fourth-order valence-electron chi connectivity index (χ4n) is 3.45. The molecule has 0 amide bonds. The van der Waals surface area contributed by atoms with Crippen molar-refractivity contribution in [2.24, 2.45) is 0 Å². The number of aryl methyl sites for hydroxylation is 1. The molecule has 0 radical (unpaired) electrons. The van der Waals surface area contributed by atoms with E-state index < -0.39 is 0 Å². The number of hydrogen-bond acceptors (Lipinski definition) is 1. The first-order valence-electron chi connectivity index (χ1n) is 9.06. The summed E-state index contributed by atoms with van der Waals surface area (Å²) in [6, 6.07) is 29.0. The molecule has 3 aromatic carbocycles. The summed E-state index contributed by atoms with van der Waals surface area (Å²) in [7, 11) is 0. The summed E-state index contributed by atoms with van der Waals surface area (Å²) in [6.45, 7) is 2.96. The molecule has 0 aliphatic carbocycles. The summed E-state index contributed by atoms with van der Waals surface area (Å²) in [4.78, 5) is 0. The zero-order valence-corrected chi connectivity index (χ0v) is 15.3. The maximum atomic E-state index is 9.67. The van der Waals surface area contributed by atoms with E-state index in [9.17, 15) is 5.26 Å². The van der Waals surface area contributed by atoms with Crippen molar-refractivity contribution in [2.75, 3.05) is 0 Å². The first kappa shape index (κ1) is 16.9. The van der Waals surface area contributed by atoms with Gasteiger partial charge in [-0.3, -0.25) is 0 Å². The zero-order chi connectivity index (χ0) is 18.6. The van der Waals surface area contributed by atoms with Crippen LogP contribution in [0.15, 0.2) is 85.1 Å². The average molecular weight is 348 g/mol. The lowest BCUT2D eigenvalue weighted by Crippen LogP contribution is -1.99. The molecule has 0 fully saturated rings. The monoisotopic (exact) mass is 348 g/mol. The van der Waals surface area contributed by atoms with E-state index in [0.29, 0.717) is 5.57 Å². The third kappa shape index (κ3) is 3.41. The van der Waals surface area contributed by atoms with Crippen LogP contribution in [0.5, 0.6) is 0 Å². The molecule has 0 N–H and O–H groups in total. The SMILES string of the molecule is Cc1ccccc1Cn1cc(/C=C(/C#N)c2ccccc2)c2ccccc21. The number of allylic oxidation sites excluding steroid dienone is 1. The average Bonchev–Trinajstić information content (AvgIpc) is 3.06. The minimum Gasteiger partial charge on any atom is -0.342 e. The topological polar surface area (TPSA) is 28.7 Å². The van der Waals surface area contributed by atoms with Gasteiger partial charge < -0.3 is 4.57 Å². The fourth-order valence-corrected chi connectivity index (χ4v) is 3.45. The molecule has 0 unspecified atom stereocenters. The second-order valence-corrected chi connectivity index (χ2v) is 6.69. The van der Waals surface area contributed by atoms with Gasteiger partial charge in [0.15, 0.2) is 0 Å². The summed E-state index contributed by atoms with van der Waals surface area (Å²) in [5.41, 5.74) is 6.45. The molecule has 4 rings (SSSR count). The highest BCUT2D eigenvalue weighted by Crippen LogP contribution is 2.27. The van der Waals surface area contributed by atoms with E-state index in [4.69, 9.17) is 0 Å². The highest BCUT2D eigenvalue weighted by atomic mass is 15.0. The normalized spacial score (nSPS) is 11.5. The summed E-state index contributed by atoms with van der Waals surface area (Å²) in [5.74, 6) is 0. The molecule has 0 spiro atoms. The minimum atomic E-state index is 0.675. The largest absolute Gasteiger partial charge is 0.342 e. The second kappa shape index (κ2) is 7.35. The van der Waals surface area contributed by atoms with Gasteiger partial charge in [0.2, 0.25) is 0 Å². The summed E-state index contributed by atoms with van der Waals surface area (Å²) in [5, 5.41) is 10.8. The first-order chi connectivity index (χ1) is 13.3. The molecule has 0 saturated carbocycles. The standard InChI is InChI=1S/C25H20N2/c1-19-9-5-6-12-21(19)17-27-18-23(24-13-7-8-14-25(24)27)15-22(16-26)20-10-3-2-4-11-20/h2-15,18H,17H2,1H3/b22-15-. The maximum absolute atomic E-state index is 9.67. The van der Waals surface area contributed by atoms with Crippen LogP contribution in [0.3, 0.4) is 0 Å². The summed E-state index contributed by atoms with van der Waals surface area (Å²) in [6.07, 6.45) is 4.14. The Balaban J connectivity index is 1.82. The van der Waals surface area contributed by atoms with Crippen LogP contribution in [0.25, 0.3) is 22.6 Å². The molecule has 1 aromatic heterocycles. The van der Waals surface area contributed by atoms with Crippen LogP contribution >= 0.6 is 0 Å². The maximum Gasteiger partial charge on any atom is 0.0998 e. The van der Waals surface area contributed by atoms with Crippen LogP contribution in [0, 0.1) is 18.3 Å². The molecule has 27 heavy (non-hydrogen) atoms. The highest BCUT2D eigenvalue weighted by molar-refractivity contribution is 5.98. The van der Waals surface area contributed by atoms with Crippen molar-refractivity contribution in [3.8, 4) is 6.07 Å². The van der Waals surface area contributed by atoms with E-state index in [0.717, 1.165) is 23.1 Å². The Kier molecular flexibility index (Phi) is 4.60. The van der Waals surface area contributed by atoms with Crippen molar-refractivity contribution in [2.45, 2.75) is 13.5 Å². The molecule has 1 heterocycles. The molecule has 0 aliphatic rings. The van der Waals surface area contributed by atoms with Gasteiger partial charge in [-0.1, -0.05) is 72.8 Å². The minimum absolute atomic E-state index is 0.675. The van der Waals surface area contributed by atoms with E-state index in [-0.39, 0.29) is 0 Å². The van der Waals surface area contributed by atoms with Crippen LogP contribution in [0.4, 0.5) is 0 Å². The molecular formula is C25H20N2. The number of benzene rings is 3.